The second-order valence-electron chi connectivity index (χ2n) is 11.0. The Kier molecular flexibility index (Phi) is 8.28. The summed E-state index contributed by atoms with van der Waals surface area (Å²) in [6, 6.07) is 11.7. The van der Waals surface area contributed by atoms with Gasteiger partial charge in [-0.15, -0.1) is 0 Å². The van der Waals surface area contributed by atoms with E-state index in [0.29, 0.717) is 18.0 Å². The van der Waals surface area contributed by atoms with Gasteiger partial charge in [0.25, 0.3) is 5.91 Å². The van der Waals surface area contributed by atoms with Gasteiger partial charge in [-0.3, -0.25) is 4.79 Å². The number of hydrogen-bond donors (Lipinski definition) is 2. The number of aromatic nitrogens is 1. The molecule has 1 fully saturated rings. The summed E-state index contributed by atoms with van der Waals surface area (Å²) >= 11 is 0. The minimum atomic E-state index is -1.34. The van der Waals surface area contributed by atoms with Gasteiger partial charge in [0.15, 0.2) is 0 Å². The minimum absolute atomic E-state index is 0.0428. The zero-order valence-electron chi connectivity index (χ0n) is 22.0. The first-order valence-corrected chi connectivity index (χ1v) is 12.8. The number of aliphatic hydroxyl groups excluding tert-OH is 1. The third-order valence-electron chi connectivity index (χ3n) is 6.81. The van der Waals surface area contributed by atoms with Crippen LogP contribution in [0.15, 0.2) is 52.9 Å². The Balaban J connectivity index is 1.88. The molecule has 1 aliphatic heterocycles. The van der Waals surface area contributed by atoms with Gasteiger partial charge in [0.1, 0.15) is 35.4 Å². The summed E-state index contributed by atoms with van der Waals surface area (Å²) in [7, 11) is 0. The summed E-state index contributed by atoms with van der Waals surface area (Å²) in [5, 5.41) is 13.3. The van der Waals surface area contributed by atoms with Crippen LogP contribution in [0.2, 0.25) is 0 Å². The second-order valence-corrected chi connectivity index (χ2v) is 11.0. The van der Waals surface area contributed by atoms with Crippen molar-refractivity contribution in [2.75, 3.05) is 19.6 Å². The highest BCUT2D eigenvalue weighted by atomic mass is 19.1. The molecule has 2 N–H and O–H groups in total. The van der Waals surface area contributed by atoms with E-state index in [9.17, 15) is 23.1 Å². The first-order chi connectivity index (χ1) is 18.0. The van der Waals surface area contributed by atoms with E-state index in [0.717, 1.165) is 23.8 Å². The fraction of sp³-hybridized carbons (Fsp3) is 0.448. The number of nitrogens with one attached hydrogen (secondary N) is 1. The van der Waals surface area contributed by atoms with Crippen LogP contribution in [-0.4, -0.2) is 52.8 Å². The number of alkyl halides is 1. The predicted molar refractivity (Wildman–Crippen MR) is 138 cm³/mol. The SMILES string of the molecule is C[C@H](O)C(=O)N(CC1CNC[C@@H]1F)[C@@H](c1nc(-c2cc(F)ccc2F)oc1Cc1ccccc1)C(C)(C)C. The fourth-order valence-corrected chi connectivity index (χ4v) is 4.98. The Morgan fingerprint density at radius 3 is 2.50 bits per heavy atom. The van der Waals surface area contributed by atoms with E-state index in [2.05, 4.69) is 10.3 Å². The molecule has 4 atom stereocenters. The van der Waals surface area contributed by atoms with Crippen LogP contribution >= 0.6 is 0 Å². The highest BCUT2D eigenvalue weighted by molar-refractivity contribution is 5.81. The Hall–Kier alpha value is -3.17. The van der Waals surface area contributed by atoms with Gasteiger partial charge in [-0.05, 0) is 36.1 Å². The van der Waals surface area contributed by atoms with Crippen LogP contribution in [0.5, 0.6) is 0 Å². The maximum absolute atomic E-state index is 14.8. The quantitative estimate of drug-likeness (QED) is 0.426. The van der Waals surface area contributed by atoms with Crippen LogP contribution < -0.4 is 5.32 Å². The molecule has 1 aliphatic rings. The van der Waals surface area contributed by atoms with Crippen LogP contribution in [0.1, 0.15) is 50.8 Å². The molecule has 0 radical (unpaired) electrons. The summed E-state index contributed by atoms with van der Waals surface area (Å²) < 4.78 is 49.6. The highest BCUT2D eigenvalue weighted by Gasteiger charge is 2.42. The van der Waals surface area contributed by atoms with Gasteiger partial charge < -0.3 is 19.7 Å². The Labute approximate surface area is 220 Å². The van der Waals surface area contributed by atoms with Crippen molar-refractivity contribution < 1.29 is 27.5 Å². The van der Waals surface area contributed by atoms with Gasteiger partial charge in [-0.2, -0.15) is 0 Å². The molecule has 1 unspecified atom stereocenters. The molecule has 3 aromatic rings. The molecule has 1 saturated heterocycles. The Bertz CT molecular complexity index is 1260. The van der Waals surface area contributed by atoms with Crippen LogP contribution in [0, 0.1) is 23.0 Å². The van der Waals surface area contributed by atoms with E-state index in [1.54, 1.807) is 0 Å². The third kappa shape index (κ3) is 6.10. The molecule has 6 nitrogen and oxygen atoms in total. The van der Waals surface area contributed by atoms with Crippen LogP contribution in [0.25, 0.3) is 11.5 Å². The number of rotatable bonds is 8. The van der Waals surface area contributed by atoms with E-state index in [4.69, 9.17) is 4.42 Å². The molecular weight excluding hydrogens is 495 g/mol. The van der Waals surface area contributed by atoms with E-state index in [1.807, 2.05) is 51.1 Å². The lowest BCUT2D eigenvalue weighted by Gasteiger charge is -2.41. The number of halogens is 3. The van der Waals surface area contributed by atoms with Crippen LogP contribution in [0.3, 0.4) is 0 Å². The van der Waals surface area contributed by atoms with E-state index < -0.39 is 47.2 Å². The molecule has 0 spiro atoms. The zero-order valence-corrected chi connectivity index (χ0v) is 22.0. The lowest BCUT2D eigenvalue weighted by atomic mass is 9.81. The number of oxazole rings is 1. The third-order valence-corrected chi connectivity index (χ3v) is 6.81. The minimum Gasteiger partial charge on any atom is -0.440 e. The number of carbonyl (C=O) groups is 1. The summed E-state index contributed by atoms with van der Waals surface area (Å²) in [4.78, 5) is 19.5. The van der Waals surface area contributed by atoms with E-state index in [-0.39, 0.29) is 31.0 Å². The number of carbonyl (C=O) groups excluding carboxylic acids is 1. The molecule has 0 saturated carbocycles. The van der Waals surface area contributed by atoms with Crippen molar-refractivity contribution in [3.63, 3.8) is 0 Å². The number of benzene rings is 2. The molecule has 2 aromatic carbocycles. The van der Waals surface area contributed by atoms with Gasteiger partial charge in [-0.25, -0.2) is 18.2 Å². The first-order valence-electron chi connectivity index (χ1n) is 12.8. The van der Waals surface area contributed by atoms with E-state index in [1.165, 1.54) is 11.8 Å². The Morgan fingerprint density at radius 1 is 1.18 bits per heavy atom. The molecule has 1 amide bonds. The highest BCUT2D eigenvalue weighted by Crippen LogP contribution is 2.42. The first kappa shape index (κ1) is 27.9. The van der Waals surface area contributed by atoms with Crippen molar-refractivity contribution in [3.05, 3.63) is 77.2 Å². The predicted octanol–water partition coefficient (Wildman–Crippen LogP) is 5.06. The number of nitrogens with zero attached hydrogens (tertiary/aromatic N) is 2. The van der Waals surface area contributed by atoms with Crippen LogP contribution in [-0.2, 0) is 11.2 Å². The average molecular weight is 530 g/mol. The van der Waals surface area contributed by atoms with E-state index >= 15 is 0 Å². The smallest absolute Gasteiger partial charge is 0.251 e. The normalized spacial score (nSPS) is 19.4. The summed E-state index contributed by atoms with van der Waals surface area (Å²) in [6.07, 6.45) is -2.21. The lowest BCUT2D eigenvalue weighted by molar-refractivity contribution is -0.145. The molecule has 1 aromatic heterocycles. The second kappa shape index (κ2) is 11.3. The fourth-order valence-electron chi connectivity index (χ4n) is 4.98. The summed E-state index contributed by atoms with van der Waals surface area (Å²) in [5.41, 5.74) is 0.453. The van der Waals surface area contributed by atoms with Crippen molar-refractivity contribution in [2.45, 2.75) is 52.4 Å². The standard InChI is InChI=1S/C29H34F3N3O3/c1-17(36)28(37)35(16-19-14-33-15-23(19)32)26(29(2,3)4)25-24(12-18-8-6-5-7-9-18)38-27(34-25)21-13-20(30)10-11-22(21)31/h5-11,13,17,19,23,26,33,36H,12,14-16H2,1-4H3/t17-,19?,23-,26-/m0/s1. The molecule has 9 heteroatoms. The van der Waals surface area contributed by atoms with Crippen molar-refractivity contribution in [2.24, 2.45) is 11.3 Å². The molecule has 38 heavy (non-hydrogen) atoms. The van der Waals surface area contributed by atoms with Gasteiger partial charge in [0.2, 0.25) is 5.89 Å². The molecule has 204 valence electrons. The number of amides is 1. The maximum Gasteiger partial charge on any atom is 0.251 e. The molecular formula is C29H34F3N3O3. The van der Waals surface area contributed by atoms with Gasteiger partial charge in [0.05, 0.1) is 11.6 Å². The molecule has 4 rings (SSSR count). The van der Waals surface area contributed by atoms with Crippen molar-refractivity contribution in [1.29, 1.82) is 0 Å². The maximum atomic E-state index is 14.8. The van der Waals surface area contributed by atoms with Gasteiger partial charge >= 0.3 is 0 Å². The lowest BCUT2D eigenvalue weighted by Crippen LogP contribution is -2.48. The summed E-state index contributed by atoms with van der Waals surface area (Å²) in [5.74, 6) is -2.14. The molecule has 0 aliphatic carbocycles. The van der Waals surface area contributed by atoms with Crippen molar-refractivity contribution in [1.82, 2.24) is 15.2 Å². The monoisotopic (exact) mass is 529 g/mol. The largest absolute Gasteiger partial charge is 0.440 e. The average Bonchev–Trinajstić information content (AvgIpc) is 3.45. The van der Waals surface area contributed by atoms with Gasteiger partial charge in [0, 0.05) is 32.0 Å². The molecule has 2 heterocycles. The Morgan fingerprint density at radius 2 is 1.89 bits per heavy atom. The van der Waals surface area contributed by atoms with Crippen molar-refractivity contribution in [3.8, 4) is 11.5 Å². The van der Waals surface area contributed by atoms with Crippen molar-refractivity contribution >= 4 is 5.91 Å². The van der Waals surface area contributed by atoms with Crippen LogP contribution in [0.4, 0.5) is 13.2 Å². The molecule has 0 bridgehead atoms. The van der Waals surface area contributed by atoms with Gasteiger partial charge in [-0.1, -0.05) is 51.1 Å². The summed E-state index contributed by atoms with van der Waals surface area (Å²) in [6.45, 7) is 7.71. The number of hydrogen-bond acceptors (Lipinski definition) is 5. The number of aliphatic hydroxyl groups is 1. The topological polar surface area (TPSA) is 78.6 Å². The zero-order chi connectivity index (χ0) is 27.6.